The van der Waals surface area contributed by atoms with Crippen LogP contribution in [0.2, 0.25) is 0 Å². The van der Waals surface area contributed by atoms with Crippen LogP contribution in [-0.2, 0) is 6.54 Å². The molecule has 0 saturated heterocycles. The second kappa shape index (κ2) is 4.26. The molecule has 1 aliphatic carbocycles. The molecule has 1 saturated carbocycles. The lowest BCUT2D eigenvalue weighted by Gasteiger charge is -1.99. The monoisotopic (exact) mass is 268 g/mol. The van der Waals surface area contributed by atoms with Gasteiger partial charge in [0.15, 0.2) is 12.1 Å². The molecule has 3 aromatic heterocycles. The molecule has 3 aromatic rings. The number of aldehydes is 1. The number of fused-ring (bicyclic) bond motifs is 1. The highest BCUT2D eigenvalue weighted by Gasteiger charge is 2.29. The third-order valence-electron chi connectivity index (χ3n) is 3.51. The summed E-state index contributed by atoms with van der Waals surface area (Å²) in [6.45, 7) is 0.456. The molecule has 0 spiro atoms. The summed E-state index contributed by atoms with van der Waals surface area (Å²) in [5.41, 5.74) is 1.38. The van der Waals surface area contributed by atoms with Crippen molar-refractivity contribution >= 4 is 17.3 Å². The van der Waals surface area contributed by atoms with Gasteiger partial charge in [-0.15, -0.1) is 0 Å². The fourth-order valence-corrected chi connectivity index (χ4v) is 2.34. The number of nitrogens with zero attached hydrogens (tertiary/aromatic N) is 4. The van der Waals surface area contributed by atoms with E-state index < -0.39 is 0 Å². The number of carbonyl (C=O) groups excluding carboxylic acids is 1. The van der Waals surface area contributed by atoms with Gasteiger partial charge in [0.05, 0.1) is 6.54 Å². The van der Waals surface area contributed by atoms with Crippen molar-refractivity contribution in [2.45, 2.75) is 25.3 Å². The first-order chi connectivity index (χ1) is 9.85. The molecule has 0 aliphatic heterocycles. The number of pyridine rings is 1. The molecule has 0 bridgehead atoms. The predicted molar refractivity (Wildman–Crippen MR) is 70.5 cm³/mol. The zero-order chi connectivity index (χ0) is 13.5. The highest BCUT2D eigenvalue weighted by Crippen LogP contribution is 2.38. The van der Waals surface area contributed by atoms with E-state index >= 15 is 0 Å². The van der Waals surface area contributed by atoms with Crippen LogP contribution in [0, 0.1) is 0 Å². The van der Waals surface area contributed by atoms with Crippen molar-refractivity contribution in [3.8, 4) is 0 Å². The molecule has 0 amide bonds. The largest absolute Gasteiger partial charge is 0.339 e. The Morgan fingerprint density at radius 1 is 1.45 bits per heavy atom. The first-order valence-corrected chi connectivity index (χ1v) is 6.56. The average Bonchev–Trinajstić information content (AvgIpc) is 3.13. The van der Waals surface area contributed by atoms with Crippen molar-refractivity contribution in [1.29, 1.82) is 0 Å². The zero-order valence-corrected chi connectivity index (χ0v) is 10.7. The third-order valence-corrected chi connectivity index (χ3v) is 3.51. The van der Waals surface area contributed by atoms with E-state index in [0.717, 1.165) is 36.1 Å². The molecule has 6 heteroatoms. The van der Waals surface area contributed by atoms with Gasteiger partial charge in [0.25, 0.3) is 0 Å². The first kappa shape index (κ1) is 11.3. The quantitative estimate of drug-likeness (QED) is 0.678. The first-order valence-electron chi connectivity index (χ1n) is 6.56. The van der Waals surface area contributed by atoms with Crippen LogP contribution in [0.5, 0.6) is 0 Å². The van der Waals surface area contributed by atoms with E-state index in [9.17, 15) is 4.79 Å². The SMILES string of the molecule is O=Cc1cn(Cc2noc(C3CC3)n2)c2ncccc12. The Morgan fingerprint density at radius 2 is 2.35 bits per heavy atom. The topological polar surface area (TPSA) is 73.8 Å². The summed E-state index contributed by atoms with van der Waals surface area (Å²) in [6.07, 6.45) is 6.58. The minimum Gasteiger partial charge on any atom is -0.339 e. The molecule has 0 aromatic carbocycles. The summed E-state index contributed by atoms with van der Waals surface area (Å²) in [7, 11) is 0. The molecule has 0 atom stereocenters. The highest BCUT2D eigenvalue weighted by atomic mass is 16.5. The number of hydrogen-bond acceptors (Lipinski definition) is 5. The van der Waals surface area contributed by atoms with Crippen molar-refractivity contribution in [2.24, 2.45) is 0 Å². The lowest BCUT2D eigenvalue weighted by Crippen LogP contribution is -2.01. The summed E-state index contributed by atoms with van der Waals surface area (Å²) in [6, 6.07) is 3.70. The fourth-order valence-electron chi connectivity index (χ4n) is 2.34. The van der Waals surface area contributed by atoms with Gasteiger partial charge in [-0.25, -0.2) is 4.98 Å². The molecule has 100 valence electrons. The molecular weight excluding hydrogens is 256 g/mol. The summed E-state index contributed by atoms with van der Waals surface area (Å²) in [5, 5.41) is 4.83. The maximum atomic E-state index is 11.1. The Hall–Kier alpha value is -2.50. The normalized spacial score (nSPS) is 14.8. The van der Waals surface area contributed by atoms with Crippen LogP contribution in [-0.4, -0.2) is 26.0 Å². The van der Waals surface area contributed by atoms with Crippen molar-refractivity contribution in [3.63, 3.8) is 0 Å². The second-order valence-corrected chi connectivity index (χ2v) is 5.03. The number of carbonyl (C=O) groups is 1. The van der Waals surface area contributed by atoms with Crippen LogP contribution in [0.15, 0.2) is 29.0 Å². The molecular formula is C14H12N4O2. The van der Waals surface area contributed by atoms with Crippen molar-refractivity contribution in [2.75, 3.05) is 0 Å². The van der Waals surface area contributed by atoms with Crippen molar-refractivity contribution < 1.29 is 9.32 Å². The van der Waals surface area contributed by atoms with Crippen LogP contribution in [0.3, 0.4) is 0 Å². The van der Waals surface area contributed by atoms with E-state index in [2.05, 4.69) is 15.1 Å². The van der Waals surface area contributed by atoms with Gasteiger partial charge in [-0.05, 0) is 25.0 Å². The summed E-state index contributed by atoms with van der Waals surface area (Å²) >= 11 is 0. The smallest absolute Gasteiger partial charge is 0.229 e. The Bertz CT molecular complexity index is 785. The summed E-state index contributed by atoms with van der Waals surface area (Å²) < 4.78 is 7.12. The summed E-state index contributed by atoms with van der Waals surface area (Å²) in [4.78, 5) is 19.8. The van der Waals surface area contributed by atoms with Gasteiger partial charge in [-0.2, -0.15) is 4.98 Å². The lowest BCUT2D eigenvalue weighted by molar-refractivity contribution is 0.112. The number of hydrogen-bond donors (Lipinski definition) is 0. The maximum absolute atomic E-state index is 11.1. The van der Waals surface area contributed by atoms with E-state index in [1.807, 2.05) is 16.7 Å². The Balaban J connectivity index is 1.72. The van der Waals surface area contributed by atoms with E-state index in [-0.39, 0.29) is 0 Å². The molecule has 1 aliphatic rings. The van der Waals surface area contributed by atoms with Crippen LogP contribution < -0.4 is 0 Å². The number of aromatic nitrogens is 4. The molecule has 20 heavy (non-hydrogen) atoms. The van der Waals surface area contributed by atoms with E-state index in [1.165, 1.54) is 0 Å². The van der Waals surface area contributed by atoms with Crippen molar-refractivity contribution in [3.05, 3.63) is 41.8 Å². The average molecular weight is 268 g/mol. The van der Waals surface area contributed by atoms with Gasteiger partial charge in [-0.1, -0.05) is 5.16 Å². The third kappa shape index (κ3) is 1.80. The minimum atomic E-state index is 0.446. The molecule has 1 fully saturated rings. The van der Waals surface area contributed by atoms with E-state index in [1.54, 1.807) is 12.4 Å². The van der Waals surface area contributed by atoms with Crippen LogP contribution in [0.25, 0.3) is 11.0 Å². The standard InChI is InChI=1S/C14H12N4O2/c19-8-10-6-18(13-11(10)2-1-5-15-13)7-12-16-14(20-17-12)9-3-4-9/h1-2,5-6,8-9H,3-4,7H2. The predicted octanol–water partition coefficient (Wildman–Crippen LogP) is 2.16. The van der Waals surface area contributed by atoms with E-state index in [0.29, 0.717) is 23.9 Å². The second-order valence-electron chi connectivity index (χ2n) is 5.03. The van der Waals surface area contributed by atoms with Gasteiger partial charge in [0.2, 0.25) is 5.89 Å². The summed E-state index contributed by atoms with van der Waals surface area (Å²) in [5.74, 6) is 1.79. The van der Waals surface area contributed by atoms with Crippen LogP contribution in [0.4, 0.5) is 0 Å². The fraction of sp³-hybridized carbons (Fsp3) is 0.286. The van der Waals surface area contributed by atoms with Crippen LogP contribution >= 0.6 is 0 Å². The molecule has 0 N–H and O–H groups in total. The maximum Gasteiger partial charge on any atom is 0.229 e. The zero-order valence-electron chi connectivity index (χ0n) is 10.7. The van der Waals surface area contributed by atoms with Gasteiger partial charge >= 0.3 is 0 Å². The molecule has 3 heterocycles. The Labute approximate surface area is 114 Å². The van der Waals surface area contributed by atoms with Crippen molar-refractivity contribution in [1.82, 2.24) is 19.7 Å². The van der Waals surface area contributed by atoms with E-state index in [4.69, 9.17) is 4.52 Å². The molecule has 6 nitrogen and oxygen atoms in total. The minimum absolute atomic E-state index is 0.446. The molecule has 4 rings (SSSR count). The number of rotatable bonds is 4. The molecule has 0 radical (unpaired) electrons. The molecule has 0 unspecified atom stereocenters. The van der Waals surface area contributed by atoms with Gasteiger partial charge in [0, 0.05) is 29.3 Å². The Morgan fingerprint density at radius 3 is 3.15 bits per heavy atom. The highest BCUT2D eigenvalue weighted by molar-refractivity contribution is 5.95. The Kier molecular flexibility index (Phi) is 2.42. The van der Waals surface area contributed by atoms with Crippen LogP contribution in [0.1, 0.15) is 40.8 Å². The van der Waals surface area contributed by atoms with Gasteiger partial charge in [-0.3, -0.25) is 4.79 Å². The van der Waals surface area contributed by atoms with Gasteiger partial charge in [0.1, 0.15) is 5.65 Å². The lowest BCUT2D eigenvalue weighted by atomic mass is 10.2. The van der Waals surface area contributed by atoms with Gasteiger partial charge < -0.3 is 9.09 Å².